The maximum atomic E-state index is 13.5. The van der Waals surface area contributed by atoms with Gasteiger partial charge in [-0.2, -0.15) is 0 Å². The van der Waals surface area contributed by atoms with E-state index in [4.69, 9.17) is 16.3 Å². The highest BCUT2D eigenvalue weighted by molar-refractivity contribution is 6.33. The summed E-state index contributed by atoms with van der Waals surface area (Å²) in [6.07, 6.45) is 0. The minimum absolute atomic E-state index is 0.00648. The Morgan fingerprint density at radius 2 is 2.21 bits per heavy atom. The van der Waals surface area contributed by atoms with Gasteiger partial charge in [0.25, 0.3) is 5.91 Å². The van der Waals surface area contributed by atoms with E-state index < -0.39 is 11.7 Å². The molecule has 14 heavy (non-hydrogen) atoms. The lowest BCUT2D eigenvalue weighted by Gasteiger charge is -2.07. The number of carbonyl (C=O) groups is 1. The first-order valence-corrected chi connectivity index (χ1v) is 4.23. The summed E-state index contributed by atoms with van der Waals surface area (Å²) in [4.78, 5) is 11.2. The molecule has 0 fully saturated rings. The summed E-state index contributed by atoms with van der Waals surface area (Å²) in [5.41, 5.74) is -0.200. The van der Waals surface area contributed by atoms with Crippen molar-refractivity contribution in [2.45, 2.75) is 0 Å². The Kier molecular flexibility index (Phi) is 3.30. The minimum atomic E-state index is -0.751. The van der Waals surface area contributed by atoms with Crippen molar-refractivity contribution in [1.82, 2.24) is 5.32 Å². The van der Waals surface area contributed by atoms with Crippen molar-refractivity contribution in [1.29, 1.82) is 0 Å². The van der Waals surface area contributed by atoms with Gasteiger partial charge in [0.2, 0.25) is 0 Å². The van der Waals surface area contributed by atoms with Crippen LogP contribution in [0.5, 0.6) is 5.75 Å². The Bertz CT molecular complexity index is 368. The van der Waals surface area contributed by atoms with Crippen molar-refractivity contribution < 1.29 is 13.9 Å². The van der Waals surface area contributed by atoms with Gasteiger partial charge in [0.1, 0.15) is 0 Å². The Hall–Kier alpha value is -1.29. The van der Waals surface area contributed by atoms with Crippen molar-refractivity contribution in [3.63, 3.8) is 0 Å². The van der Waals surface area contributed by atoms with Gasteiger partial charge in [0.15, 0.2) is 11.6 Å². The maximum absolute atomic E-state index is 13.5. The zero-order chi connectivity index (χ0) is 10.7. The highest BCUT2D eigenvalue weighted by Gasteiger charge is 2.18. The highest BCUT2D eigenvalue weighted by atomic mass is 35.5. The van der Waals surface area contributed by atoms with Crippen molar-refractivity contribution in [3.05, 3.63) is 28.5 Å². The molecule has 0 bridgehead atoms. The van der Waals surface area contributed by atoms with Gasteiger partial charge in [-0.1, -0.05) is 11.6 Å². The van der Waals surface area contributed by atoms with E-state index in [1.54, 1.807) is 0 Å². The predicted octanol–water partition coefficient (Wildman–Crippen LogP) is 1.85. The summed E-state index contributed by atoms with van der Waals surface area (Å²) in [5.74, 6) is -1.33. The van der Waals surface area contributed by atoms with Gasteiger partial charge in [0, 0.05) is 7.05 Å². The third kappa shape index (κ3) is 1.80. The lowest BCUT2D eigenvalue weighted by molar-refractivity contribution is 0.0958. The van der Waals surface area contributed by atoms with E-state index in [1.807, 2.05) is 0 Å². The van der Waals surface area contributed by atoms with E-state index in [0.717, 1.165) is 0 Å². The number of methoxy groups -OCH3 is 1. The monoisotopic (exact) mass is 217 g/mol. The van der Waals surface area contributed by atoms with Crippen molar-refractivity contribution in [2.24, 2.45) is 0 Å². The second kappa shape index (κ2) is 4.28. The zero-order valence-electron chi connectivity index (χ0n) is 7.73. The molecule has 0 aromatic heterocycles. The molecule has 0 spiro atoms. The average molecular weight is 218 g/mol. The second-order valence-electron chi connectivity index (χ2n) is 2.52. The van der Waals surface area contributed by atoms with Crippen LogP contribution >= 0.6 is 11.6 Å². The van der Waals surface area contributed by atoms with Crippen LogP contribution in [0.25, 0.3) is 0 Å². The first-order valence-electron chi connectivity index (χ1n) is 3.86. The number of benzene rings is 1. The minimum Gasteiger partial charge on any atom is -0.494 e. The van der Waals surface area contributed by atoms with Crippen LogP contribution in [0.15, 0.2) is 12.1 Å². The summed E-state index contributed by atoms with van der Waals surface area (Å²) in [7, 11) is 2.72. The number of rotatable bonds is 2. The van der Waals surface area contributed by atoms with Crippen LogP contribution in [-0.4, -0.2) is 20.1 Å². The Balaban J connectivity index is 3.32. The fraction of sp³-hybridized carbons (Fsp3) is 0.222. The maximum Gasteiger partial charge on any atom is 0.255 e. The normalized spacial score (nSPS) is 9.71. The van der Waals surface area contributed by atoms with Gasteiger partial charge >= 0.3 is 0 Å². The van der Waals surface area contributed by atoms with Gasteiger partial charge in [-0.05, 0) is 12.1 Å². The lowest BCUT2D eigenvalue weighted by Crippen LogP contribution is -2.20. The van der Waals surface area contributed by atoms with Crippen molar-refractivity contribution in [2.75, 3.05) is 14.2 Å². The molecule has 76 valence electrons. The predicted molar refractivity (Wildman–Crippen MR) is 51.4 cm³/mol. The number of ether oxygens (including phenoxy) is 1. The van der Waals surface area contributed by atoms with Crippen LogP contribution in [0.4, 0.5) is 4.39 Å². The molecule has 0 atom stereocenters. The van der Waals surface area contributed by atoms with Crippen LogP contribution in [0.1, 0.15) is 10.4 Å². The van der Waals surface area contributed by atoms with E-state index in [9.17, 15) is 9.18 Å². The molecule has 1 amide bonds. The quantitative estimate of drug-likeness (QED) is 0.821. The van der Waals surface area contributed by atoms with Crippen molar-refractivity contribution >= 4 is 17.5 Å². The summed E-state index contributed by atoms with van der Waals surface area (Å²) < 4.78 is 18.2. The number of halogens is 2. The standard InChI is InChI=1S/C9H9ClFNO2/c1-12-9(13)7-5(10)3-4-6(14-2)8(7)11/h3-4H,1-2H3,(H,12,13). The first kappa shape index (κ1) is 10.8. The number of carbonyl (C=O) groups excluding carboxylic acids is 1. The van der Waals surface area contributed by atoms with E-state index in [1.165, 1.54) is 26.3 Å². The molecule has 0 saturated carbocycles. The van der Waals surface area contributed by atoms with Gasteiger partial charge in [-0.15, -0.1) is 0 Å². The van der Waals surface area contributed by atoms with Crippen LogP contribution in [0.3, 0.4) is 0 Å². The molecule has 0 heterocycles. The number of nitrogens with one attached hydrogen (secondary N) is 1. The third-order valence-electron chi connectivity index (χ3n) is 1.73. The van der Waals surface area contributed by atoms with Crippen LogP contribution in [0, 0.1) is 5.82 Å². The van der Waals surface area contributed by atoms with E-state index >= 15 is 0 Å². The molecule has 0 saturated heterocycles. The Labute approximate surface area is 85.8 Å². The van der Waals surface area contributed by atoms with Crippen LogP contribution < -0.4 is 10.1 Å². The molecule has 1 N–H and O–H groups in total. The Morgan fingerprint density at radius 1 is 1.57 bits per heavy atom. The summed E-state index contributed by atoms with van der Waals surface area (Å²) >= 11 is 5.68. The zero-order valence-corrected chi connectivity index (χ0v) is 8.48. The molecule has 3 nitrogen and oxygen atoms in total. The molecular formula is C9H9ClFNO2. The number of hydrogen-bond acceptors (Lipinski definition) is 2. The Morgan fingerprint density at radius 3 is 2.71 bits per heavy atom. The molecule has 0 aliphatic carbocycles. The van der Waals surface area contributed by atoms with Crippen molar-refractivity contribution in [3.8, 4) is 5.75 Å². The van der Waals surface area contributed by atoms with E-state index in [0.29, 0.717) is 0 Å². The fourth-order valence-electron chi connectivity index (χ4n) is 1.02. The molecule has 0 radical (unpaired) electrons. The van der Waals surface area contributed by atoms with E-state index in [2.05, 4.69) is 5.32 Å². The number of hydrogen-bond donors (Lipinski definition) is 1. The van der Waals surface area contributed by atoms with E-state index in [-0.39, 0.29) is 16.3 Å². The summed E-state index contributed by atoms with van der Waals surface area (Å²) in [5, 5.41) is 2.35. The highest BCUT2D eigenvalue weighted by Crippen LogP contribution is 2.26. The molecule has 0 unspecified atom stereocenters. The molecular weight excluding hydrogens is 209 g/mol. The largest absolute Gasteiger partial charge is 0.494 e. The van der Waals surface area contributed by atoms with Gasteiger partial charge in [-0.25, -0.2) is 4.39 Å². The molecule has 1 rings (SSSR count). The topological polar surface area (TPSA) is 38.3 Å². The second-order valence-corrected chi connectivity index (χ2v) is 2.92. The van der Waals surface area contributed by atoms with Gasteiger partial charge in [-0.3, -0.25) is 4.79 Å². The molecule has 0 aliphatic rings. The average Bonchev–Trinajstić information content (AvgIpc) is 2.18. The van der Waals surface area contributed by atoms with Gasteiger partial charge in [0.05, 0.1) is 17.7 Å². The molecule has 1 aromatic rings. The summed E-state index contributed by atoms with van der Waals surface area (Å²) in [6.45, 7) is 0. The molecule has 5 heteroatoms. The third-order valence-corrected chi connectivity index (χ3v) is 2.04. The first-order chi connectivity index (χ1) is 6.61. The fourth-order valence-corrected chi connectivity index (χ4v) is 1.26. The smallest absolute Gasteiger partial charge is 0.255 e. The molecule has 1 aromatic carbocycles. The lowest BCUT2D eigenvalue weighted by atomic mass is 10.2. The van der Waals surface area contributed by atoms with Crippen LogP contribution in [0.2, 0.25) is 5.02 Å². The number of amides is 1. The molecule has 0 aliphatic heterocycles. The summed E-state index contributed by atoms with van der Waals surface area (Å²) in [6, 6.07) is 2.78. The van der Waals surface area contributed by atoms with Gasteiger partial charge < -0.3 is 10.1 Å². The SMILES string of the molecule is CNC(=O)c1c(Cl)ccc(OC)c1F. The van der Waals surface area contributed by atoms with Crippen LogP contribution in [-0.2, 0) is 0 Å².